The fraction of sp³-hybridized carbons (Fsp3) is 0.478. The number of amides is 1. The van der Waals surface area contributed by atoms with Crippen LogP contribution in [0.4, 0.5) is 26.4 Å². The molecule has 0 spiro atoms. The SMILES string of the molecule is NC(=O)[C@H]1CC[C@H](n2c(Nc3c(F)cc(F)cc3Cl)nc3cnc(NC4CCCC4)nc32)CC1. The Morgan fingerprint density at radius 3 is 2.50 bits per heavy atom. The molecule has 2 aliphatic carbocycles. The maximum Gasteiger partial charge on any atom is 0.224 e. The molecule has 4 N–H and O–H groups in total. The first kappa shape index (κ1) is 22.8. The molecule has 2 aliphatic rings. The molecule has 2 heterocycles. The first-order chi connectivity index (χ1) is 16.4. The van der Waals surface area contributed by atoms with Crippen LogP contribution in [-0.4, -0.2) is 31.5 Å². The molecule has 11 heteroatoms. The van der Waals surface area contributed by atoms with Crippen molar-refractivity contribution >= 4 is 46.3 Å². The molecule has 0 atom stereocenters. The van der Waals surface area contributed by atoms with Gasteiger partial charge >= 0.3 is 0 Å². The maximum absolute atomic E-state index is 14.5. The van der Waals surface area contributed by atoms with Crippen LogP contribution >= 0.6 is 11.6 Å². The summed E-state index contributed by atoms with van der Waals surface area (Å²) in [6, 6.07) is 2.11. The monoisotopic (exact) mass is 489 g/mol. The van der Waals surface area contributed by atoms with Gasteiger partial charge in [-0.1, -0.05) is 24.4 Å². The summed E-state index contributed by atoms with van der Waals surface area (Å²) in [5.41, 5.74) is 6.58. The number of benzene rings is 1. The minimum Gasteiger partial charge on any atom is -0.369 e. The highest BCUT2D eigenvalue weighted by atomic mass is 35.5. The van der Waals surface area contributed by atoms with Crippen LogP contribution in [0, 0.1) is 17.6 Å². The number of anilines is 3. The van der Waals surface area contributed by atoms with Crippen molar-refractivity contribution in [2.24, 2.45) is 11.7 Å². The largest absolute Gasteiger partial charge is 0.369 e. The van der Waals surface area contributed by atoms with Crippen molar-refractivity contribution in [2.45, 2.75) is 63.5 Å². The smallest absolute Gasteiger partial charge is 0.224 e. The van der Waals surface area contributed by atoms with Gasteiger partial charge in [0.05, 0.1) is 16.9 Å². The third-order valence-corrected chi connectivity index (χ3v) is 7.13. The van der Waals surface area contributed by atoms with E-state index < -0.39 is 11.6 Å². The number of halogens is 3. The molecule has 0 saturated heterocycles. The molecule has 3 aromatic rings. The summed E-state index contributed by atoms with van der Waals surface area (Å²) in [6.07, 6.45) is 8.80. The molecule has 2 aromatic heterocycles. The lowest BCUT2D eigenvalue weighted by molar-refractivity contribution is -0.122. The van der Waals surface area contributed by atoms with Crippen molar-refractivity contribution in [3.8, 4) is 0 Å². The first-order valence-corrected chi connectivity index (χ1v) is 12.0. The van der Waals surface area contributed by atoms with Gasteiger partial charge in [-0.05, 0) is 44.6 Å². The second-order valence-corrected chi connectivity index (χ2v) is 9.52. The first-order valence-electron chi connectivity index (χ1n) is 11.6. The number of imidazole rings is 1. The second kappa shape index (κ2) is 9.32. The van der Waals surface area contributed by atoms with Crippen LogP contribution in [0.15, 0.2) is 18.3 Å². The average molecular weight is 490 g/mol. The molecule has 0 unspecified atom stereocenters. The van der Waals surface area contributed by atoms with E-state index in [-0.39, 0.29) is 28.6 Å². The Morgan fingerprint density at radius 1 is 1.09 bits per heavy atom. The van der Waals surface area contributed by atoms with Gasteiger partial charge in [-0.3, -0.25) is 9.36 Å². The highest BCUT2D eigenvalue weighted by Crippen LogP contribution is 2.38. The third kappa shape index (κ3) is 4.51. The number of fused-ring (bicyclic) bond motifs is 1. The number of primary amides is 1. The zero-order valence-electron chi connectivity index (χ0n) is 18.5. The molecule has 34 heavy (non-hydrogen) atoms. The van der Waals surface area contributed by atoms with Crippen LogP contribution in [0.25, 0.3) is 11.2 Å². The molecular formula is C23H26ClF2N7O. The lowest BCUT2D eigenvalue weighted by Gasteiger charge is -2.29. The van der Waals surface area contributed by atoms with E-state index in [9.17, 15) is 13.6 Å². The Kier molecular flexibility index (Phi) is 6.24. The van der Waals surface area contributed by atoms with E-state index in [0.717, 1.165) is 25.0 Å². The Labute approximate surface area is 200 Å². The molecular weight excluding hydrogens is 464 g/mol. The van der Waals surface area contributed by atoms with Crippen LogP contribution < -0.4 is 16.4 Å². The molecule has 0 bridgehead atoms. The number of hydrogen-bond acceptors (Lipinski definition) is 6. The quantitative estimate of drug-likeness (QED) is 0.445. The van der Waals surface area contributed by atoms with Crippen molar-refractivity contribution in [3.05, 3.63) is 35.0 Å². The summed E-state index contributed by atoms with van der Waals surface area (Å²) >= 11 is 6.13. The maximum atomic E-state index is 14.5. The van der Waals surface area contributed by atoms with Gasteiger partial charge in [0, 0.05) is 24.1 Å². The van der Waals surface area contributed by atoms with Gasteiger partial charge in [-0.2, -0.15) is 4.98 Å². The van der Waals surface area contributed by atoms with Gasteiger partial charge in [-0.15, -0.1) is 0 Å². The predicted octanol–water partition coefficient (Wildman–Crippen LogP) is 5.07. The van der Waals surface area contributed by atoms with Gasteiger partial charge in [0.15, 0.2) is 11.5 Å². The van der Waals surface area contributed by atoms with Gasteiger partial charge < -0.3 is 16.4 Å². The molecule has 0 radical (unpaired) electrons. The normalized spacial score (nSPS) is 21.1. The number of nitrogens with zero attached hydrogens (tertiary/aromatic N) is 4. The van der Waals surface area contributed by atoms with Crippen molar-refractivity contribution < 1.29 is 13.6 Å². The Morgan fingerprint density at radius 2 is 1.82 bits per heavy atom. The van der Waals surface area contributed by atoms with Gasteiger partial charge in [0.25, 0.3) is 0 Å². The van der Waals surface area contributed by atoms with Gasteiger partial charge in [0.2, 0.25) is 17.8 Å². The van der Waals surface area contributed by atoms with Gasteiger partial charge in [0.1, 0.15) is 11.3 Å². The minimum atomic E-state index is -0.823. The topological polar surface area (TPSA) is 111 Å². The molecule has 0 aliphatic heterocycles. The lowest BCUT2D eigenvalue weighted by Crippen LogP contribution is -2.29. The Balaban J connectivity index is 1.54. The minimum absolute atomic E-state index is 0.0420. The number of nitrogens with two attached hydrogens (primary N) is 1. The standard InChI is InChI=1S/C23H26ClF2N7O/c24-16-9-13(25)10-17(26)19(16)31-23-30-18-11-28-22(29-14-3-1-2-4-14)32-21(18)33(23)15-7-5-12(6-8-15)20(27)34/h9-12,14-15H,1-8H2,(H2,27,34)(H,30,31)(H,28,29,32)/t12-,15-. The predicted molar refractivity (Wildman–Crippen MR) is 126 cm³/mol. The van der Waals surface area contributed by atoms with Crippen LogP contribution in [-0.2, 0) is 4.79 Å². The summed E-state index contributed by atoms with van der Waals surface area (Å²) < 4.78 is 30.0. The van der Waals surface area contributed by atoms with E-state index in [1.807, 2.05) is 4.57 Å². The summed E-state index contributed by atoms with van der Waals surface area (Å²) in [5.74, 6) is -1.20. The molecule has 1 amide bonds. The highest BCUT2D eigenvalue weighted by molar-refractivity contribution is 6.33. The molecule has 2 fully saturated rings. The summed E-state index contributed by atoms with van der Waals surface area (Å²) in [5, 5.41) is 6.25. The van der Waals surface area contributed by atoms with Crippen molar-refractivity contribution in [2.75, 3.05) is 10.6 Å². The number of nitrogens with one attached hydrogen (secondary N) is 2. The number of aromatic nitrogens is 4. The van der Waals surface area contributed by atoms with Crippen molar-refractivity contribution in [3.63, 3.8) is 0 Å². The van der Waals surface area contributed by atoms with Gasteiger partial charge in [-0.25, -0.2) is 18.7 Å². The van der Waals surface area contributed by atoms with Crippen molar-refractivity contribution in [1.29, 1.82) is 0 Å². The van der Waals surface area contributed by atoms with Crippen LogP contribution in [0.2, 0.25) is 5.02 Å². The Bertz CT molecular complexity index is 1200. The number of carbonyl (C=O) groups is 1. The number of rotatable bonds is 6. The Hall–Kier alpha value is -3.01. The fourth-order valence-electron chi connectivity index (χ4n) is 5.04. The second-order valence-electron chi connectivity index (χ2n) is 9.11. The summed E-state index contributed by atoms with van der Waals surface area (Å²) in [7, 11) is 0. The van der Waals surface area contributed by atoms with Crippen molar-refractivity contribution in [1.82, 2.24) is 19.5 Å². The van der Waals surface area contributed by atoms with E-state index >= 15 is 0 Å². The molecule has 1 aromatic carbocycles. The van der Waals surface area contributed by atoms with Crippen LogP contribution in [0.3, 0.4) is 0 Å². The fourth-order valence-corrected chi connectivity index (χ4v) is 5.28. The van der Waals surface area contributed by atoms with E-state index in [0.29, 0.717) is 54.8 Å². The molecule has 180 valence electrons. The summed E-state index contributed by atoms with van der Waals surface area (Å²) in [6.45, 7) is 0. The van der Waals surface area contributed by atoms with E-state index in [2.05, 4.69) is 20.6 Å². The molecule has 2 saturated carbocycles. The van der Waals surface area contributed by atoms with E-state index in [4.69, 9.17) is 22.3 Å². The lowest BCUT2D eigenvalue weighted by atomic mass is 9.85. The highest BCUT2D eigenvalue weighted by Gasteiger charge is 2.30. The molecule has 8 nitrogen and oxygen atoms in total. The zero-order chi connectivity index (χ0) is 23.8. The number of hydrogen-bond donors (Lipinski definition) is 3. The number of carbonyl (C=O) groups excluding carboxylic acids is 1. The van der Waals surface area contributed by atoms with E-state index in [1.54, 1.807) is 6.20 Å². The third-order valence-electron chi connectivity index (χ3n) is 6.83. The average Bonchev–Trinajstić information content (AvgIpc) is 3.43. The summed E-state index contributed by atoms with van der Waals surface area (Å²) in [4.78, 5) is 25.4. The molecule has 5 rings (SSSR count). The van der Waals surface area contributed by atoms with E-state index in [1.165, 1.54) is 12.8 Å². The zero-order valence-corrected chi connectivity index (χ0v) is 19.3. The van der Waals surface area contributed by atoms with Crippen LogP contribution in [0.5, 0.6) is 0 Å². The van der Waals surface area contributed by atoms with Crippen LogP contribution in [0.1, 0.15) is 57.4 Å².